The van der Waals surface area contributed by atoms with Crippen LogP contribution in [0.15, 0.2) is 0 Å². The summed E-state index contributed by atoms with van der Waals surface area (Å²) in [5.41, 5.74) is 0.651. The quantitative estimate of drug-likeness (QED) is 0.658. The molecule has 3 rings (SSSR count). The van der Waals surface area contributed by atoms with Crippen LogP contribution in [0.25, 0.3) is 0 Å². The third kappa shape index (κ3) is 1.63. The maximum Gasteiger partial charge on any atom is 0.149 e. The van der Waals surface area contributed by atoms with E-state index >= 15 is 0 Å². The highest BCUT2D eigenvalue weighted by molar-refractivity contribution is 5.84. The van der Waals surface area contributed by atoms with E-state index in [-0.39, 0.29) is 0 Å². The molecule has 1 atom stereocenters. The minimum absolute atomic E-state index is 0.304. The lowest BCUT2D eigenvalue weighted by Crippen LogP contribution is -2.43. The van der Waals surface area contributed by atoms with Gasteiger partial charge in [0.2, 0.25) is 0 Å². The van der Waals surface area contributed by atoms with E-state index < -0.39 is 0 Å². The molecule has 84 valence electrons. The topological polar surface area (TPSA) is 20.3 Å². The predicted molar refractivity (Wildman–Crippen MR) is 59.7 cm³/mol. The van der Waals surface area contributed by atoms with E-state index in [4.69, 9.17) is 0 Å². The fourth-order valence-electron chi connectivity index (χ4n) is 3.67. The fraction of sp³-hybridized carbons (Fsp3) is 0.923. The van der Waals surface area contributed by atoms with Crippen LogP contribution in [0.1, 0.15) is 51.4 Å². The van der Waals surface area contributed by atoms with Crippen LogP contribution in [-0.2, 0) is 4.79 Å². The molecule has 0 amide bonds. The molecule has 2 saturated carbocycles. The Balaban J connectivity index is 1.65. The van der Waals surface area contributed by atoms with Crippen LogP contribution in [0.4, 0.5) is 0 Å². The highest BCUT2D eigenvalue weighted by atomic mass is 16.1. The van der Waals surface area contributed by atoms with E-state index in [1.54, 1.807) is 0 Å². The summed E-state index contributed by atoms with van der Waals surface area (Å²) in [5.74, 6) is 0.526. The number of Topliss-reactive ketones (excluding diaryl/α,β-unsaturated/α-hetero) is 1. The van der Waals surface area contributed by atoms with Crippen molar-refractivity contribution in [3.05, 3.63) is 0 Å². The van der Waals surface area contributed by atoms with Gasteiger partial charge in [0.25, 0.3) is 0 Å². The molecule has 0 aromatic heterocycles. The summed E-state index contributed by atoms with van der Waals surface area (Å²) in [5, 5.41) is 0. The fourth-order valence-corrected chi connectivity index (χ4v) is 3.67. The molecule has 3 fully saturated rings. The number of nitrogens with zero attached hydrogens (tertiary/aromatic N) is 1. The zero-order valence-corrected chi connectivity index (χ0v) is 9.50. The number of hydrogen-bond donors (Lipinski definition) is 0. The third-order valence-corrected chi connectivity index (χ3v) is 4.85. The average Bonchev–Trinajstić information content (AvgIpc) is 2.63. The molecule has 2 aliphatic carbocycles. The van der Waals surface area contributed by atoms with E-state index in [0.29, 0.717) is 17.2 Å². The van der Waals surface area contributed by atoms with E-state index in [1.165, 1.54) is 45.2 Å². The predicted octanol–water partition coefficient (Wildman–Crippen LogP) is 2.37. The summed E-state index contributed by atoms with van der Waals surface area (Å²) in [7, 11) is 0. The van der Waals surface area contributed by atoms with Crippen molar-refractivity contribution in [2.75, 3.05) is 13.1 Å². The Morgan fingerprint density at radius 2 is 2.00 bits per heavy atom. The van der Waals surface area contributed by atoms with Crippen molar-refractivity contribution in [1.29, 1.82) is 0 Å². The summed E-state index contributed by atoms with van der Waals surface area (Å²) < 4.78 is 0. The number of carbonyl (C=O) groups is 1. The van der Waals surface area contributed by atoms with Gasteiger partial charge in [-0.25, -0.2) is 0 Å². The van der Waals surface area contributed by atoms with Gasteiger partial charge in [0.1, 0.15) is 5.78 Å². The Kier molecular flexibility index (Phi) is 2.35. The molecule has 2 nitrogen and oxygen atoms in total. The SMILES string of the molecule is O=C1CCCCC1N1CCC2(CCC2)C1. The number of hydrogen-bond acceptors (Lipinski definition) is 2. The Morgan fingerprint density at radius 3 is 2.60 bits per heavy atom. The lowest BCUT2D eigenvalue weighted by molar-refractivity contribution is -0.126. The van der Waals surface area contributed by atoms with Crippen molar-refractivity contribution in [1.82, 2.24) is 4.90 Å². The zero-order chi connectivity index (χ0) is 10.3. The Bertz CT molecular complexity index is 270. The second kappa shape index (κ2) is 3.58. The van der Waals surface area contributed by atoms with Crippen LogP contribution in [0.5, 0.6) is 0 Å². The molecule has 1 heterocycles. The van der Waals surface area contributed by atoms with Gasteiger partial charge in [0, 0.05) is 13.0 Å². The number of carbonyl (C=O) groups excluding carboxylic acids is 1. The van der Waals surface area contributed by atoms with Gasteiger partial charge in [-0.05, 0) is 44.1 Å². The summed E-state index contributed by atoms with van der Waals surface area (Å²) in [6.07, 6.45) is 10.00. The van der Waals surface area contributed by atoms with Crippen LogP contribution in [0, 0.1) is 5.41 Å². The van der Waals surface area contributed by atoms with E-state index in [0.717, 1.165) is 19.3 Å². The van der Waals surface area contributed by atoms with E-state index in [9.17, 15) is 4.79 Å². The van der Waals surface area contributed by atoms with Crippen LogP contribution in [-0.4, -0.2) is 29.8 Å². The summed E-state index contributed by atoms with van der Waals surface area (Å²) in [6.45, 7) is 2.42. The van der Waals surface area contributed by atoms with Gasteiger partial charge in [-0.15, -0.1) is 0 Å². The molecule has 0 aromatic carbocycles. The molecular formula is C13H21NO. The van der Waals surface area contributed by atoms with Gasteiger partial charge < -0.3 is 0 Å². The first-order chi connectivity index (χ1) is 7.29. The molecule has 1 spiro atoms. The summed E-state index contributed by atoms with van der Waals surface area (Å²) >= 11 is 0. The second-order valence-corrected chi connectivity index (χ2v) is 5.80. The lowest BCUT2D eigenvalue weighted by atomic mass is 9.68. The van der Waals surface area contributed by atoms with Gasteiger partial charge in [0.15, 0.2) is 0 Å². The highest BCUT2D eigenvalue weighted by Gasteiger charge is 2.45. The van der Waals surface area contributed by atoms with Crippen molar-refractivity contribution in [3.8, 4) is 0 Å². The van der Waals surface area contributed by atoms with Gasteiger partial charge in [-0.1, -0.05) is 12.8 Å². The minimum atomic E-state index is 0.304. The molecule has 0 aromatic rings. The monoisotopic (exact) mass is 207 g/mol. The maximum absolute atomic E-state index is 11.9. The van der Waals surface area contributed by atoms with Crippen molar-refractivity contribution < 1.29 is 4.79 Å². The van der Waals surface area contributed by atoms with Gasteiger partial charge in [-0.2, -0.15) is 0 Å². The van der Waals surface area contributed by atoms with Crippen LogP contribution >= 0.6 is 0 Å². The highest BCUT2D eigenvalue weighted by Crippen LogP contribution is 2.48. The van der Waals surface area contributed by atoms with Gasteiger partial charge >= 0.3 is 0 Å². The number of likely N-dealkylation sites (tertiary alicyclic amines) is 1. The van der Waals surface area contributed by atoms with Crippen LogP contribution in [0.3, 0.4) is 0 Å². The average molecular weight is 207 g/mol. The summed E-state index contributed by atoms with van der Waals surface area (Å²) in [4.78, 5) is 14.4. The van der Waals surface area contributed by atoms with Gasteiger partial charge in [0.05, 0.1) is 6.04 Å². The zero-order valence-electron chi connectivity index (χ0n) is 9.50. The molecule has 2 heteroatoms. The van der Waals surface area contributed by atoms with E-state index in [2.05, 4.69) is 4.90 Å². The molecule has 0 bridgehead atoms. The molecular weight excluding hydrogens is 186 g/mol. The second-order valence-electron chi connectivity index (χ2n) is 5.80. The standard InChI is InChI=1S/C13H21NO/c15-12-5-2-1-4-11(12)14-9-8-13(10-14)6-3-7-13/h11H,1-10H2. The number of ketones is 1. The minimum Gasteiger partial charge on any atom is -0.298 e. The smallest absolute Gasteiger partial charge is 0.149 e. The number of rotatable bonds is 1. The molecule has 15 heavy (non-hydrogen) atoms. The first-order valence-corrected chi connectivity index (χ1v) is 6.56. The van der Waals surface area contributed by atoms with Crippen molar-refractivity contribution in [2.24, 2.45) is 5.41 Å². The van der Waals surface area contributed by atoms with Crippen LogP contribution in [0.2, 0.25) is 0 Å². The molecule has 1 saturated heterocycles. The molecule has 0 N–H and O–H groups in total. The molecule has 0 radical (unpaired) electrons. The third-order valence-electron chi connectivity index (χ3n) is 4.85. The summed E-state index contributed by atoms with van der Waals surface area (Å²) in [6, 6.07) is 0.304. The largest absolute Gasteiger partial charge is 0.298 e. The first-order valence-electron chi connectivity index (χ1n) is 6.56. The van der Waals surface area contributed by atoms with Gasteiger partial charge in [-0.3, -0.25) is 9.69 Å². The van der Waals surface area contributed by atoms with Crippen molar-refractivity contribution in [3.63, 3.8) is 0 Å². The Hall–Kier alpha value is -0.370. The molecule has 1 aliphatic heterocycles. The first kappa shape index (κ1) is 9.83. The maximum atomic E-state index is 11.9. The van der Waals surface area contributed by atoms with Crippen LogP contribution < -0.4 is 0 Å². The molecule has 1 unspecified atom stereocenters. The lowest BCUT2D eigenvalue weighted by Gasteiger charge is -2.39. The van der Waals surface area contributed by atoms with Crippen molar-refractivity contribution in [2.45, 2.75) is 57.4 Å². The van der Waals surface area contributed by atoms with Crippen molar-refractivity contribution >= 4 is 5.78 Å². The Labute approximate surface area is 92.0 Å². The normalized spacial score (nSPS) is 35.7. The molecule has 3 aliphatic rings. The Morgan fingerprint density at radius 1 is 1.13 bits per heavy atom. The van der Waals surface area contributed by atoms with E-state index in [1.807, 2.05) is 0 Å².